The van der Waals surface area contributed by atoms with Gasteiger partial charge in [-0.15, -0.1) is 10.2 Å². The summed E-state index contributed by atoms with van der Waals surface area (Å²) >= 11 is 5.97. The van der Waals surface area contributed by atoms with Gasteiger partial charge in [0.25, 0.3) is 5.91 Å². The predicted molar refractivity (Wildman–Crippen MR) is 97.6 cm³/mol. The van der Waals surface area contributed by atoms with Gasteiger partial charge in [0.1, 0.15) is 17.4 Å². The maximum Gasteiger partial charge on any atom is 0.276 e. The second-order valence-electron chi connectivity index (χ2n) is 5.35. The van der Waals surface area contributed by atoms with Crippen LogP contribution in [0.1, 0.15) is 10.5 Å². The van der Waals surface area contributed by atoms with E-state index in [1.807, 2.05) is 0 Å². The molecule has 3 aromatic rings. The zero-order valence-electron chi connectivity index (χ0n) is 14.0. The molecule has 0 unspecified atom stereocenters. The number of benzene rings is 2. The monoisotopic (exact) mass is 390 g/mol. The van der Waals surface area contributed by atoms with Crippen LogP contribution in [0.5, 0.6) is 5.75 Å². The molecule has 0 saturated carbocycles. The minimum atomic E-state index is -0.886. The van der Waals surface area contributed by atoms with E-state index >= 15 is 0 Å². The zero-order chi connectivity index (χ0) is 19.4. The van der Waals surface area contributed by atoms with E-state index in [0.29, 0.717) is 28.3 Å². The summed E-state index contributed by atoms with van der Waals surface area (Å²) in [5.74, 6) is -1.41. The fourth-order valence-corrected chi connectivity index (χ4v) is 2.39. The molecular formula is C18H13ClF2N4O2. The van der Waals surface area contributed by atoms with Gasteiger partial charge in [-0.05, 0) is 42.5 Å². The van der Waals surface area contributed by atoms with Crippen molar-refractivity contribution in [2.45, 2.75) is 0 Å². The van der Waals surface area contributed by atoms with Crippen molar-refractivity contribution in [3.63, 3.8) is 0 Å². The molecule has 0 bridgehead atoms. The summed E-state index contributed by atoms with van der Waals surface area (Å²) in [6, 6.07) is 10.8. The number of nitrogens with one attached hydrogen (secondary N) is 2. The Balaban J connectivity index is 1.73. The van der Waals surface area contributed by atoms with Crippen LogP contribution in [0.4, 0.5) is 26.0 Å². The number of halogens is 3. The van der Waals surface area contributed by atoms with Crippen LogP contribution in [0, 0.1) is 11.6 Å². The van der Waals surface area contributed by atoms with Gasteiger partial charge >= 0.3 is 0 Å². The number of methoxy groups -OCH3 is 1. The minimum absolute atomic E-state index is 0.0395. The van der Waals surface area contributed by atoms with E-state index in [9.17, 15) is 13.6 Å². The molecule has 0 saturated heterocycles. The zero-order valence-corrected chi connectivity index (χ0v) is 14.7. The van der Waals surface area contributed by atoms with Crippen LogP contribution >= 0.6 is 11.6 Å². The number of hydrogen-bond donors (Lipinski definition) is 2. The van der Waals surface area contributed by atoms with E-state index in [4.69, 9.17) is 16.3 Å². The average molecular weight is 391 g/mol. The molecule has 0 aliphatic rings. The van der Waals surface area contributed by atoms with Crippen molar-refractivity contribution >= 4 is 34.7 Å². The highest BCUT2D eigenvalue weighted by Crippen LogP contribution is 2.29. The minimum Gasteiger partial charge on any atom is -0.495 e. The number of carbonyl (C=O) groups is 1. The summed E-state index contributed by atoms with van der Waals surface area (Å²) in [5.41, 5.74) is 0.376. The van der Waals surface area contributed by atoms with Gasteiger partial charge < -0.3 is 15.4 Å². The molecule has 0 aliphatic heterocycles. The first kappa shape index (κ1) is 18.5. The van der Waals surface area contributed by atoms with E-state index in [0.717, 1.165) is 12.1 Å². The second kappa shape index (κ2) is 7.96. The Hall–Kier alpha value is -3.26. The smallest absolute Gasteiger partial charge is 0.276 e. The lowest BCUT2D eigenvalue weighted by atomic mass is 10.2. The molecular weight excluding hydrogens is 378 g/mol. The van der Waals surface area contributed by atoms with Crippen LogP contribution in [0.25, 0.3) is 0 Å². The first-order valence-electron chi connectivity index (χ1n) is 7.67. The maximum absolute atomic E-state index is 13.6. The molecule has 9 heteroatoms. The highest BCUT2D eigenvalue weighted by Gasteiger charge is 2.13. The number of amides is 1. The van der Waals surface area contributed by atoms with Crippen LogP contribution in [-0.4, -0.2) is 23.2 Å². The molecule has 2 N–H and O–H groups in total. The van der Waals surface area contributed by atoms with E-state index in [2.05, 4.69) is 20.8 Å². The molecule has 1 amide bonds. The quantitative estimate of drug-likeness (QED) is 0.674. The predicted octanol–water partition coefficient (Wildman–Crippen LogP) is 4.41. The molecule has 3 rings (SSSR count). The SMILES string of the molecule is COc1ccc(Cl)cc1Nc1ccc(C(=O)Nc2ccc(F)cc2F)nn1. The third kappa shape index (κ3) is 4.48. The summed E-state index contributed by atoms with van der Waals surface area (Å²) in [6.07, 6.45) is 0. The Kier molecular flexibility index (Phi) is 5.46. The van der Waals surface area contributed by atoms with Gasteiger partial charge in [0.15, 0.2) is 11.5 Å². The lowest BCUT2D eigenvalue weighted by Gasteiger charge is -2.11. The molecule has 1 heterocycles. The number of carbonyl (C=O) groups excluding carboxylic acids is 1. The molecule has 0 spiro atoms. The van der Waals surface area contributed by atoms with Crippen molar-refractivity contribution in [3.05, 3.63) is 70.9 Å². The molecule has 0 radical (unpaired) electrons. The number of anilines is 3. The van der Waals surface area contributed by atoms with Crippen LogP contribution in [0.2, 0.25) is 5.02 Å². The van der Waals surface area contributed by atoms with E-state index in [1.54, 1.807) is 18.2 Å². The van der Waals surface area contributed by atoms with Crippen molar-refractivity contribution in [2.24, 2.45) is 0 Å². The fourth-order valence-electron chi connectivity index (χ4n) is 2.21. The van der Waals surface area contributed by atoms with Gasteiger partial charge in [-0.3, -0.25) is 4.79 Å². The molecule has 0 atom stereocenters. The van der Waals surface area contributed by atoms with Gasteiger partial charge in [0, 0.05) is 11.1 Å². The van der Waals surface area contributed by atoms with Crippen LogP contribution in [-0.2, 0) is 0 Å². The van der Waals surface area contributed by atoms with Gasteiger partial charge in [0.2, 0.25) is 0 Å². The van der Waals surface area contributed by atoms with Gasteiger partial charge in [-0.2, -0.15) is 0 Å². The number of aromatic nitrogens is 2. The number of hydrogen-bond acceptors (Lipinski definition) is 5. The third-order valence-corrected chi connectivity index (χ3v) is 3.74. The number of rotatable bonds is 5. The number of nitrogens with zero attached hydrogens (tertiary/aromatic N) is 2. The summed E-state index contributed by atoms with van der Waals surface area (Å²) < 4.78 is 31.7. The van der Waals surface area contributed by atoms with Crippen molar-refractivity contribution in [1.82, 2.24) is 10.2 Å². The molecule has 27 heavy (non-hydrogen) atoms. The van der Waals surface area contributed by atoms with Crippen molar-refractivity contribution in [1.29, 1.82) is 0 Å². The topological polar surface area (TPSA) is 76.1 Å². The largest absolute Gasteiger partial charge is 0.495 e. The second-order valence-corrected chi connectivity index (χ2v) is 5.79. The lowest BCUT2D eigenvalue weighted by Crippen LogP contribution is -2.15. The first-order valence-corrected chi connectivity index (χ1v) is 8.05. The van der Waals surface area contributed by atoms with Gasteiger partial charge in [0.05, 0.1) is 18.5 Å². The van der Waals surface area contributed by atoms with Crippen molar-refractivity contribution < 1.29 is 18.3 Å². The van der Waals surface area contributed by atoms with E-state index < -0.39 is 17.5 Å². The Bertz CT molecular complexity index is 984. The van der Waals surface area contributed by atoms with Gasteiger partial charge in [-0.1, -0.05) is 11.6 Å². The summed E-state index contributed by atoms with van der Waals surface area (Å²) in [5, 5.41) is 13.5. The fraction of sp³-hybridized carbons (Fsp3) is 0.0556. The highest BCUT2D eigenvalue weighted by molar-refractivity contribution is 6.31. The Morgan fingerprint density at radius 1 is 1.04 bits per heavy atom. The number of ether oxygens (including phenoxy) is 1. The Morgan fingerprint density at radius 2 is 1.85 bits per heavy atom. The maximum atomic E-state index is 13.6. The lowest BCUT2D eigenvalue weighted by molar-refractivity contribution is 0.102. The molecule has 1 aromatic heterocycles. The summed E-state index contributed by atoms with van der Waals surface area (Å²) in [6.45, 7) is 0. The molecule has 0 aliphatic carbocycles. The average Bonchev–Trinajstić information content (AvgIpc) is 2.65. The molecule has 0 fully saturated rings. The first-order chi connectivity index (χ1) is 13.0. The van der Waals surface area contributed by atoms with E-state index in [1.165, 1.54) is 19.2 Å². The normalized spacial score (nSPS) is 10.4. The summed E-state index contributed by atoms with van der Waals surface area (Å²) in [7, 11) is 1.52. The van der Waals surface area contributed by atoms with Crippen LogP contribution < -0.4 is 15.4 Å². The Morgan fingerprint density at radius 3 is 2.52 bits per heavy atom. The molecule has 138 valence electrons. The molecule has 6 nitrogen and oxygen atoms in total. The highest BCUT2D eigenvalue weighted by atomic mass is 35.5. The van der Waals surface area contributed by atoms with Crippen molar-refractivity contribution in [2.75, 3.05) is 17.7 Å². The standard InChI is InChI=1S/C18H13ClF2N4O2/c1-27-16-6-2-10(19)8-15(16)22-17-7-5-14(24-25-17)18(26)23-13-4-3-11(20)9-12(13)21/h2-9H,1H3,(H,22,25)(H,23,26). The molecule has 2 aromatic carbocycles. The van der Waals surface area contributed by atoms with Gasteiger partial charge in [-0.25, -0.2) is 8.78 Å². The summed E-state index contributed by atoms with van der Waals surface area (Å²) in [4.78, 5) is 12.1. The third-order valence-electron chi connectivity index (χ3n) is 3.50. The van der Waals surface area contributed by atoms with E-state index in [-0.39, 0.29) is 11.4 Å². The van der Waals surface area contributed by atoms with Crippen LogP contribution in [0.3, 0.4) is 0 Å². The van der Waals surface area contributed by atoms with Crippen LogP contribution in [0.15, 0.2) is 48.5 Å². The Labute approximate surface area is 158 Å². The van der Waals surface area contributed by atoms with Crippen molar-refractivity contribution in [3.8, 4) is 5.75 Å².